The van der Waals surface area contributed by atoms with Gasteiger partial charge in [-0.15, -0.1) is 0 Å². The molecule has 2 rings (SSSR count). The number of aromatic nitrogens is 3. The molecule has 0 bridgehead atoms. The predicted molar refractivity (Wildman–Crippen MR) is 53.3 cm³/mol. The quantitative estimate of drug-likeness (QED) is 0.893. The van der Waals surface area contributed by atoms with Crippen molar-refractivity contribution >= 4 is 5.97 Å². The lowest BCUT2D eigenvalue weighted by Gasteiger charge is -2.07. The van der Waals surface area contributed by atoms with E-state index in [1.54, 1.807) is 0 Å². The van der Waals surface area contributed by atoms with Crippen LogP contribution in [0.4, 0.5) is 13.2 Å². The fourth-order valence-corrected chi connectivity index (χ4v) is 1.28. The Balaban J connectivity index is 2.41. The Labute approximate surface area is 98.5 Å². The van der Waals surface area contributed by atoms with Crippen molar-refractivity contribution in [3.8, 4) is 5.82 Å². The number of carboxylic acid groups (broad SMARTS) is 1. The molecule has 2 aromatic heterocycles. The molecule has 0 aromatic carbocycles. The maximum absolute atomic E-state index is 12.4. The average Bonchev–Trinajstić information content (AvgIpc) is 2.77. The number of nitrogens with zero attached hydrogens (tertiary/aromatic N) is 3. The van der Waals surface area contributed by atoms with E-state index in [1.165, 1.54) is 12.1 Å². The largest absolute Gasteiger partial charge is 0.476 e. The molecule has 0 radical (unpaired) electrons. The number of carbonyl (C=O) groups is 1. The third-order valence-electron chi connectivity index (χ3n) is 2.09. The van der Waals surface area contributed by atoms with E-state index in [4.69, 9.17) is 5.11 Å². The van der Waals surface area contributed by atoms with Crippen LogP contribution in [0, 0.1) is 0 Å². The van der Waals surface area contributed by atoms with Crippen molar-refractivity contribution in [3.63, 3.8) is 0 Å². The lowest BCUT2D eigenvalue weighted by atomic mass is 10.3. The molecule has 1 N–H and O–H groups in total. The molecular formula is C10H6F3N3O2. The van der Waals surface area contributed by atoms with Gasteiger partial charge in [-0.3, -0.25) is 4.57 Å². The molecule has 0 fully saturated rings. The second-order valence-electron chi connectivity index (χ2n) is 3.35. The summed E-state index contributed by atoms with van der Waals surface area (Å²) in [6.45, 7) is 0. The molecule has 0 spiro atoms. The van der Waals surface area contributed by atoms with Crippen LogP contribution in [0.2, 0.25) is 0 Å². The molecule has 5 nitrogen and oxygen atoms in total. The third-order valence-corrected chi connectivity index (χ3v) is 2.09. The van der Waals surface area contributed by atoms with E-state index in [9.17, 15) is 18.0 Å². The molecule has 0 atom stereocenters. The summed E-state index contributed by atoms with van der Waals surface area (Å²) < 4.78 is 38.4. The van der Waals surface area contributed by atoms with Crippen LogP contribution in [-0.2, 0) is 6.18 Å². The molecule has 0 amide bonds. The first-order chi connectivity index (χ1) is 8.38. The molecule has 0 aliphatic rings. The first-order valence-corrected chi connectivity index (χ1v) is 4.70. The summed E-state index contributed by atoms with van der Waals surface area (Å²) in [4.78, 5) is 17.5. The van der Waals surface area contributed by atoms with Gasteiger partial charge in [-0.1, -0.05) is 6.07 Å². The topological polar surface area (TPSA) is 68.0 Å². The maximum Gasteiger partial charge on any atom is 0.433 e. The van der Waals surface area contributed by atoms with Crippen molar-refractivity contribution in [1.82, 2.24) is 14.5 Å². The summed E-state index contributed by atoms with van der Waals surface area (Å²) in [5.74, 6) is -1.31. The Morgan fingerprint density at radius 2 is 2.06 bits per heavy atom. The Bertz CT molecular complexity index is 592. The highest BCUT2D eigenvalue weighted by Crippen LogP contribution is 2.27. The monoisotopic (exact) mass is 257 g/mol. The van der Waals surface area contributed by atoms with E-state index in [0.717, 1.165) is 23.2 Å². The number of hydrogen-bond donors (Lipinski definition) is 1. The number of aromatic carboxylic acids is 1. The van der Waals surface area contributed by atoms with Crippen LogP contribution in [0.5, 0.6) is 0 Å². The van der Waals surface area contributed by atoms with Gasteiger partial charge in [0.25, 0.3) is 0 Å². The second kappa shape index (κ2) is 4.13. The normalized spacial score (nSPS) is 11.5. The number of halogens is 3. The second-order valence-corrected chi connectivity index (χ2v) is 3.35. The van der Waals surface area contributed by atoms with E-state index < -0.39 is 17.8 Å². The summed E-state index contributed by atoms with van der Waals surface area (Å²) in [5, 5.41) is 8.65. The predicted octanol–water partition coefficient (Wildman–Crippen LogP) is 1.98. The van der Waals surface area contributed by atoms with E-state index in [1.807, 2.05) is 0 Å². The Kier molecular flexibility index (Phi) is 2.77. The molecule has 0 saturated heterocycles. The van der Waals surface area contributed by atoms with Crippen LogP contribution >= 0.6 is 0 Å². The molecule has 0 aliphatic heterocycles. The Morgan fingerprint density at radius 3 is 2.61 bits per heavy atom. The minimum atomic E-state index is -4.55. The minimum absolute atomic E-state index is 0.0511. The van der Waals surface area contributed by atoms with Gasteiger partial charge in [0, 0.05) is 6.20 Å². The highest BCUT2D eigenvalue weighted by molar-refractivity contribution is 5.85. The van der Waals surface area contributed by atoms with Crippen molar-refractivity contribution in [1.29, 1.82) is 0 Å². The standard InChI is InChI=1S/C10H6F3N3O2/c11-10(12,13)7-2-1-3-8(15-7)16-4-6(9(17)18)14-5-16/h1-5H,(H,17,18). The van der Waals surface area contributed by atoms with E-state index >= 15 is 0 Å². The van der Waals surface area contributed by atoms with Crippen molar-refractivity contribution < 1.29 is 23.1 Å². The molecule has 0 unspecified atom stereocenters. The van der Waals surface area contributed by atoms with Crippen LogP contribution < -0.4 is 0 Å². The van der Waals surface area contributed by atoms with Gasteiger partial charge >= 0.3 is 12.1 Å². The molecule has 0 aliphatic carbocycles. The lowest BCUT2D eigenvalue weighted by Crippen LogP contribution is -2.09. The van der Waals surface area contributed by atoms with Crippen molar-refractivity contribution in [2.75, 3.05) is 0 Å². The summed E-state index contributed by atoms with van der Waals surface area (Å²) in [6, 6.07) is 3.34. The average molecular weight is 257 g/mol. The van der Waals surface area contributed by atoms with Gasteiger partial charge in [0.1, 0.15) is 17.8 Å². The smallest absolute Gasteiger partial charge is 0.433 e. The Morgan fingerprint density at radius 1 is 1.33 bits per heavy atom. The van der Waals surface area contributed by atoms with Gasteiger partial charge < -0.3 is 5.11 Å². The van der Waals surface area contributed by atoms with Crippen LogP contribution in [-0.4, -0.2) is 25.6 Å². The Hall–Kier alpha value is -2.38. The number of rotatable bonds is 2. The van der Waals surface area contributed by atoms with Gasteiger partial charge in [-0.2, -0.15) is 13.2 Å². The van der Waals surface area contributed by atoms with Crippen LogP contribution in [0.25, 0.3) is 5.82 Å². The zero-order valence-electron chi connectivity index (χ0n) is 8.72. The molecule has 2 heterocycles. The molecular weight excluding hydrogens is 251 g/mol. The van der Waals surface area contributed by atoms with E-state index in [0.29, 0.717) is 0 Å². The molecule has 0 saturated carbocycles. The number of pyridine rings is 1. The van der Waals surface area contributed by atoms with Crippen LogP contribution in [0.15, 0.2) is 30.7 Å². The highest BCUT2D eigenvalue weighted by Gasteiger charge is 2.32. The number of carboxylic acids is 1. The van der Waals surface area contributed by atoms with Crippen molar-refractivity contribution in [3.05, 3.63) is 42.1 Å². The molecule has 8 heteroatoms. The van der Waals surface area contributed by atoms with Crippen LogP contribution in [0.1, 0.15) is 16.2 Å². The third kappa shape index (κ3) is 2.31. The zero-order valence-corrected chi connectivity index (χ0v) is 8.72. The number of alkyl halides is 3. The number of imidazole rings is 1. The first kappa shape index (κ1) is 12.1. The summed E-state index contributed by atoms with van der Waals surface area (Å²) in [5.41, 5.74) is -1.32. The SMILES string of the molecule is O=C(O)c1cn(-c2cccc(C(F)(F)F)n2)cn1. The first-order valence-electron chi connectivity index (χ1n) is 4.70. The minimum Gasteiger partial charge on any atom is -0.476 e. The maximum atomic E-state index is 12.4. The zero-order chi connectivity index (χ0) is 13.3. The van der Waals surface area contributed by atoms with Gasteiger partial charge in [-0.05, 0) is 12.1 Å². The van der Waals surface area contributed by atoms with Gasteiger partial charge in [0.05, 0.1) is 0 Å². The van der Waals surface area contributed by atoms with Crippen molar-refractivity contribution in [2.24, 2.45) is 0 Å². The van der Waals surface area contributed by atoms with Gasteiger partial charge in [0.2, 0.25) is 0 Å². The van der Waals surface area contributed by atoms with Gasteiger partial charge in [0.15, 0.2) is 5.69 Å². The lowest BCUT2D eigenvalue weighted by molar-refractivity contribution is -0.141. The van der Waals surface area contributed by atoms with Gasteiger partial charge in [-0.25, -0.2) is 14.8 Å². The fourth-order valence-electron chi connectivity index (χ4n) is 1.28. The summed E-state index contributed by atoms with van der Waals surface area (Å²) in [7, 11) is 0. The number of hydrogen-bond acceptors (Lipinski definition) is 3. The van der Waals surface area contributed by atoms with E-state index in [-0.39, 0.29) is 11.5 Å². The van der Waals surface area contributed by atoms with E-state index in [2.05, 4.69) is 9.97 Å². The molecule has 94 valence electrons. The summed E-state index contributed by atoms with van der Waals surface area (Å²) in [6.07, 6.45) is -2.37. The fraction of sp³-hybridized carbons (Fsp3) is 0.100. The van der Waals surface area contributed by atoms with Crippen molar-refractivity contribution in [2.45, 2.75) is 6.18 Å². The summed E-state index contributed by atoms with van der Waals surface area (Å²) >= 11 is 0. The van der Waals surface area contributed by atoms with Crippen LogP contribution in [0.3, 0.4) is 0 Å². The highest BCUT2D eigenvalue weighted by atomic mass is 19.4. The molecule has 2 aromatic rings. The molecule has 18 heavy (non-hydrogen) atoms.